The van der Waals surface area contributed by atoms with Gasteiger partial charge in [0.1, 0.15) is 6.10 Å². The smallest absolute Gasteiger partial charge is 0.349 e. The second-order valence-corrected chi connectivity index (χ2v) is 8.52. The lowest BCUT2D eigenvalue weighted by molar-refractivity contribution is -0.175. The van der Waals surface area contributed by atoms with Crippen LogP contribution < -0.4 is 0 Å². The summed E-state index contributed by atoms with van der Waals surface area (Å²) >= 11 is 2.78. The number of carbonyl (C=O) groups excluding carboxylic acids is 1. The summed E-state index contributed by atoms with van der Waals surface area (Å²) in [6, 6.07) is 7.32. The molecule has 0 saturated heterocycles. The lowest BCUT2D eigenvalue weighted by Crippen LogP contribution is -2.44. The van der Waals surface area contributed by atoms with E-state index in [0.717, 1.165) is 19.3 Å². The zero-order chi connectivity index (χ0) is 15.9. The minimum absolute atomic E-state index is 0.0264. The molecule has 0 spiro atoms. The highest BCUT2D eigenvalue weighted by Crippen LogP contribution is 2.44. The summed E-state index contributed by atoms with van der Waals surface area (Å²) in [5, 5.41) is 15.0. The quantitative estimate of drug-likeness (QED) is 0.844. The first-order valence-electron chi connectivity index (χ1n) is 8.19. The third-order valence-electron chi connectivity index (χ3n) is 5.29. The third kappa shape index (κ3) is 2.65. The SMILES string of the molecule is O=C(O[C@H]1CC2CCC1CC2)C(O)(c1cccs1)c1cccs1. The molecule has 3 aliphatic carbocycles. The first-order valence-corrected chi connectivity index (χ1v) is 9.95. The van der Waals surface area contributed by atoms with Gasteiger partial charge in [0.15, 0.2) is 0 Å². The molecule has 0 amide bonds. The van der Waals surface area contributed by atoms with Crippen LogP contribution in [0.5, 0.6) is 0 Å². The minimum Gasteiger partial charge on any atom is -0.459 e. The van der Waals surface area contributed by atoms with Crippen molar-refractivity contribution >= 4 is 28.6 Å². The lowest BCUT2D eigenvalue weighted by atomic mass is 9.69. The molecule has 2 bridgehead atoms. The van der Waals surface area contributed by atoms with Crippen molar-refractivity contribution in [1.29, 1.82) is 0 Å². The zero-order valence-electron chi connectivity index (χ0n) is 12.8. The third-order valence-corrected chi connectivity index (χ3v) is 7.25. The molecule has 3 nitrogen and oxygen atoms in total. The van der Waals surface area contributed by atoms with Gasteiger partial charge in [0, 0.05) is 0 Å². The highest BCUT2D eigenvalue weighted by molar-refractivity contribution is 7.12. The Labute approximate surface area is 143 Å². The van der Waals surface area contributed by atoms with Gasteiger partial charge in [-0.05, 0) is 66.8 Å². The molecule has 1 atom stereocenters. The standard InChI is InChI=1S/C18H20O3S2/c19-17(21-14-11-12-5-7-13(14)8-6-12)18(20,15-3-1-9-22-15)16-4-2-10-23-16/h1-4,9-10,12-14,20H,5-8,11H2/t12?,13?,14-/m0/s1. The fourth-order valence-electron chi connectivity index (χ4n) is 3.98. The summed E-state index contributed by atoms with van der Waals surface area (Å²) in [7, 11) is 0. The number of thiophene rings is 2. The largest absolute Gasteiger partial charge is 0.459 e. The molecule has 0 unspecified atom stereocenters. The molecule has 5 rings (SSSR count). The van der Waals surface area contributed by atoms with Crippen LogP contribution in [0, 0.1) is 11.8 Å². The molecule has 2 heterocycles. The zero-order valence-corrected chi connectivity index (χ0v) is 14.4. The Kier molecular flexibility index (Phi) is 4.03. The normalized spacial score (nSPS) is 27.1. The van der Waals surface area contributed by atoms with E-state index in [1.165, 1.54) is 35.5 Å². The maximum absolute atomic E-state index is 12.9. The van der Waals surface area contributed by atoms with Gasteiger partial charge < -0.3 is 9.84 Å². The molecule has 5 heteroatoms. The summed E-state index contributed by atoms with van der Waals surface area (Å²) in [5.74, 6) is 0.647. The van der Waals surface area contributed by atoms with Gasteiger partial charge in [-0.2, -0.15) is 0 Å². The van der Waals surface area contributed by atoms with Gasteiger partial charge in [-0.3, -0.25) is 0 Å². The van der Waals surface area contributed by atoms with E-state index in [9.17, 15) is 9.90 Å². The van der Waals surface area contributed by atoms with Gasteiger partial charge in [-0.15, -0.1) is 22.7 Å². The van der Waals surface area contributed by atoms with Crippen LogP contribution in [0.1, 0.15) is 41.9 Å². The first-order chi connectivity index (χ1) is 11.2. The Balaban J connectivity index is 1.61. The predicted molar refractivity (Wildman–Crippen MR) is 91.6 cm³/mol. The van der Waals surface area contributed by atoms with E-state index in [-0.39, 0.29) is 6.10 Å². The molecule has 0 aromatic carbocycles. The molecular weight excluding hydrogens is 328 g/mol. The van der Waals surface area contributed by atoms with Gasteiger partial charge in [0.25, 0.3) is 0 Å². The fourth-order valence-corrected chi connectivity index (χ4v) is 5.69. The second kappa shape index (κ2) is 6.04. The molecule has 1 N–H and O–H groups in total. The van der Waals surface area contributed by atoms with Crippen molar-refractivity contribution in [2.75, 3.05) is 0 Å². The number of aliphatic hydroxyl groups is 1. The van der Waals surface area contributed by atoms with Crippen molar-refractivity contribution in [2.24, 2.45) is 11.8 Å². The molecule has 2 aromatic rings. The molecule has 23 heavy (non-hydrogen) atoms. The predicted octanol–water partition coefficient (Wildman–Crippen LogP) is 4.17. The molecule has 2 aromatic heterocycles. The summed E-state index contributed by atoms with van der Waals surface area (Å²) in [6.45, 7) is 0. The van der Waals surface area contributed by atoms with Gasteiger partial charge in [-0.25, -0.2) is 4.79 Å². The van der Waals surface area contributed by atoms with Crippen LogP contribution in [0.25, 0.3) is 0 Å². The number of fused-ring (bicyclic) bond motifs is 3. The highest BCUT2D eigenvalue weighted by atomic mass is 32.1. The average Bonchev–Trinajstić information content (AvgIpc) is 3.29. The van der Waals surface area contributed by atoms with Crippen LogP contribution >= 0.6 is 22.7 Å². The number of esters is 1. The second-order valence-electron chi connectivity index (χ2n) is 6.63. The van der Waals surface area contributed by atoms with Gasteiger partial charge in [-0.1, -0.05) is 12.1 Å². The molecule has 3 saturated carbocycles. The van der Waals surface area contributed by atoms with E-state index in [0.29, 0.717) is 21.6 Å². The summed E-state index contributed by atoms with van der Waals surface area (Å²) in [6.07, 6.45) is 5.76. The number of hydrogen-bond acceptors (Lipinski definition) is 5. The lowest BCUT2D eigenvalue weighted by Gasteiger charge is -2.42. The van der Waals surface area contributed by atoms with Crippen molar-refractivity contribution in [3.8, 4) is 0 Å². The average molecular weight is 348 g/mol. The number of carbonyl (C=O) groups is 1. The van der Waals surface area contributed by atoms with Crippen LogP contribution in [-0.4, -0.2) is 17.2 Å². The fraction of sp³-hybridized carbons (Fsp3) is 0.500. The Morgan fingerprint density at radius 2 is 1.70 bits per heavy atom. The van der Waals surface area contributed by atoms with E-state index >= 15 is 0 Å². The molecule has 0 aliphatic heterocycles. The van der Waals surface area contributed by atoms with E-state index in [4.69, 9.17) is 4.74 Å². The molecule has 3 fully saturated rings. The van der Waals surface area contributed by atoms with Crippen molar-refractivity contribution in [3.05, 3.63) is 44.8 Å². The Morgan fingerprint density at radius 3 is 2.13 bits per heavy atom. The van der Waals surface area contributed by atoms with Gasteiger partial charge in [0.2, 0.25) is 5.60 Å². The highest BCUT2D eigenvalue weighted by Gasteiger charge is 2.47. The van der Waals surface area contributed by atoms with Gasteiger partial charge >= 0.3 is 5.97 Å². The van der Waals surface area contributed by atoms with Crippen LogP contribution in [-0.2, 0) is 15.1 Å². The van der Waals surface area contributed by atoms with Crippen LogP contribution in [0.15, 0.2) is 35.0 Å². The maximum Gasteiger partial charge on any atom is 0.349 e. The van der Waals surface area contributed by atoms with E-state index in [1.54, 1.807) is 12.1 Å². The summed E-state index contributed by atoms with van der Waals surface area (Å²) < 4.78 is 5.86. The van der Waals surface area contributed by atoms with Crippen molar-refractivity contribution in [3.63, 3.8) is 0 Å². The van der Waals surface area contributed by atoms with E-state index in [2.05, 4.69) is 0 Å². The van der Waals surface area contributed by atoms with Crippen LogP contribution in [0.4, 0.5) is 0 Å². The van der Waals surface area contributed by atoms with Crippen molar-refractivity contribution < 1.29 is 14.6 Å². The minimum atomic E-state index is -1.67. The molecule has 122 valence electrons. The first kappa shape index (κ1) is 15.4. The molecule has 3 aliphatic rings. The van der Waals surface area contributed by atoms with E-state index in [1.807, 2.05) is 22.9 Å². The molecular formula is C18H20O3S2. The van der Waals surface area contributed by atoms with Gasteiger partial charge in [0.05, 0.1) is 9.75 Å². The molecule has 0 radical (unpaired) electrons. The number of rotatable bonds is 4. The monoisotopic (exact) mass is 348 g/mol. The van der Waals surface area contributed by atoms with Crippen molar-refractivity contribution in [2.45, 2.75) is 43.8 Å². The maximum atomic E-state index is 12.9. The topological polar surface area (TPSA) is 46.5 Å². The van der Waals surface area contributed by atoms with Crippen molar-refractivity contribution in [1.82, 2.24) is 0 Å². The summed E-state index contributed by atoms with van der Waals surface area (Å²) in [5.41, 5.74) is -1.67. The number of ether oxygens (including phenoxy) is 1. The van der Waals surface area contributed by atoms with Crippen LogP contribution in [0.2, 0.25) is 0 Å². The Hall–Kier alpha value is -1.17. The van der Waals surface area contributed by atoms with E-state index < -0.39 is 11.6 Å². The summed E-state index contributed by atoms with van der Waals surface area (Å²) in [4.78, 5) is 14.2. The Bertz CT molecular complexity index is 620. The van der Waals surface area contributed by atoms with Crippen LogP contribution in [0.3, 0.4) is 0 Å². The Morgan fingerprint density at radius 1 is 1.09 bits per heavy atom. The number of hydrogen-bond donors (Lipinski definition) is 1.